The van der Waals surface area contributed by atoms with Gasteiger partial charge in [-0.25, -0.2) is 0 Å². The lowest BCUT2D eigenvalue weighted by molar-refractivity contribution is 0.785. The van der Waals surface area contributed by atoms with Gasteiger partial charge < -0.3 is 10.3 Å². The van der Waals surface area contributed by atoms with Crippen LogP contribution in [-0.2, 0) is 6.54 Å². The molecule has 0 amide bonds. The van der Waals surface area contributed by atoms with Crippen molar-refractivity contribution in [3.8, 4) is 44.8 Å². The van der Waals surface area contributed by atoms with Crippen LogP contribution >= 0.6 is 0 Å². The number of rotatable bonds is 5. The van der Waals surface area contributed by atoms with Crippen molar-refractivity contribution >= 4 is 5.69 Å². The maximum Gasteiger partial charge on any atom is 0.0564 e. The Morgan fingerprint density at radius 2 is 1.15 bits per heavy atom. The Labute approximate surface area is 197 Å². The minimum atomic E-state index is 0. The second-order valence-electron chi connectivity index (χ2n) is 7.94. The van der Waals surface area contributed by atoms with Crippen molar-refractivity contribution in [1.29, 1.82) is 0 Å². The third-order valence-electron chi connectivity index (χ3n) is 5.95. The van der Waals surface area contributed by atoms with Crippen molar-refractivity contribution in [1.82, 2.24) is 4.57 Å². The number of hydrogen-bond acceptors (Lipinski definition) is 1. The molecule has 2 N–H and O–H groups in total. The molecule has 5 rings (SSSR count). The van der Waals surface area contributed by atoms with Crippen molar-refractivity contribution in [2.75, 3.05) is 5.73 Å². The number of nitrogens with two attached hydrogens (primary N) is 1. The Morgan fingerprint density at radius 3 is 1.79 bits per heavy atom. The van der Waals surface area contributed by atoms with Crippen LogP contribution in [0.2, 0.25) is 0 Å². The van der Waals surface area contributed by atoms with Crippen molar-refractivity contribution in [3.63, 3.8) is 0 Å². The zero-order chi connectivity index (χ0) is 21.9. The molecule has 0 bridgehead atoms. The molecule has 0 radical (unpaired) electrons. The fourth-order valence-corrected chi connectivity index (χ4v) is 4.51. The van der Waals surface area contributed by atoms with Gasteiger partial charge in [0.1, 0.15) is 0 Å². The second-order valence-corrected chi connectivity index (χ2v) is 7.94. The summed E-state index contributed by atoms with van der Waals surface area (Å²) in [5, 5.41) is 0. The standard InChI is InChI=1S/C30H26N2.CH4/c1-2-32-29(27-19-10-9-18-26(27)24-16-11-17-25(31)20-24)21-28(22-12-5-3-6-13-22)30(32)23-14-7-4-8-15-23;/h3-21H,2,31H2,1H3;1H4. The number of nitrogen functional groups attached to an aromatic ring is 1. The van der Waals surface area contributed by atoms with Crippen LogP contribution in [0.3, 0.4) is 0 Å². The zero-order valence-corrected chi connectivity index (χ0v) is 18.2. The van der Waals surface area contributed by atoms with Gasteiger partial charge in [0.25, 0.3) is 0 Å². The molecular formula is C31H30N2. The maximum absolute atomic E-state index is 6.12. The number of benzene rings is 4. The largest absolute Gasteiger partial charge is 0.399 e. The second kappa shape index (κ2) is 9.62. The van der Waals surface area contributed by atoms with Crippen molar-refractivity contribution in [2.45, 2.75) is 20.9 Å². The molecule has 5 aromatic rings. The molecule has 0 atom stereocenters. The predicted molar refractivity (Wildman–Crippen MR) is 143 cm³/mol. The summed E-state index contributed by atoms with van der Waals surface area (Å²) in [6.07, 6.45) is 0. The van der Waals surface area contributed by atoms with Crippen molar-refractivity contribution in [3.05, 3.63) is 115 Å². The van der Waals surface area contributed by atoms with Gasteiger partial charge in [-0.3, -0.25) is 0 Å². The quantitative estimate of drug-likeness (QED) is 0.279. The van der Waals surface area contributed by atoms with Gasteiger partial charge in [0.15, 0.2) is 0 Å². The van der Waals surface area contributed by atoms with Gasteiger partial charge in [0.05, 0.1) is 5.69 Å². The Kier molecular flexibility index (Phi) is 6.46. The molecule has 33 heavy (non-hydrogen) atoms. The van der Waals surface area contributed by atoms with Gasteiger partial charge in [0.2, 0.25) is 0 Å². The fraction of sp³-hybridized carbons (Fsp3) is 0.0968. The average Bonchev–Trinajstić information content (AvgIpc) is 3.25. The fourth-order valence-electron chi connectivity index (χ4n) is 4.51. The lowest BCUT2D eigenvalue weighted by atomic mass is 9.96. The maximum atomic E-state index is 6.12. The van der Waals surface area contributed by atoms with Gasteiger partial charge in [-0.15, -0.1) is 0 Å². The molecule has 0 spiro atoms. The van der Waals surface area contributed by atoms with Crippen LogP contribution in [0.4, 0.5) is 5.69 Å². The molecule has 0 saturated heterocycles. The number of nitrogens with zero attached hydrogens (tertiary/aromatic N) is 1. The molecular weight excluding hydrogens is 400 g/mol. The molecule has 0 aliphatic heterocycles. The molecule has 4 aromatic carbocycles. The lowest BCUT2D eigenvalue weighted by Crippen LogP contribution is -2.01. The van der Waals surface area contributed by atoms with E-state index in [9.17, 15) is 0 Å². The summed E-state index contributed by atoms with van der Waals surface area (Å²) in [6, 6.07) is 40.4. The number of aromatic nitrogens is 1. The van der Waals surface area contributed by atoms with Crippen molar-refractivity contribution in [2.24, 2.45) is 0 Å². The smallest absolute Gasteiger partial charge is 0.0564 e. The monoisotopic (exact) mass is 430 g/mol. The Bertz CT molecular complexity index is 1350. The van der Waals surface area contributed by atoms with E-state index in [0.717, 1.165) is 17.8 Å². The summed E-state index contributed by atoms with van der Waals surface area (Å²) in [6.45, 7) is 3.09. The SMILES string of the molecule is C.CCn1c(-c2ccccc2-c2cccc(N)c2)cc(-c2ccccc2)c1-c1ccccc1. The van der Waals surface area contributed by atoms with E-state index in [1.165, 1.54) is 39.2 Å². The minimum Gasteiger partial charge on any atom is -0.399 e. The zero-order valence-electron chi connectivity index (χ0n) is 18.2. The highest BCUT2D eigenvalue weighted by molar-refractivity contribution is 5.91. The van der Waals surface area contributed by atoms with Crippen LogP contribution in [-0.4, -0.2) is 4.57 Å². The van der Waals surface area contributed by atoms with E-state index >= 15 is 0 Å². The van der Waals surface area contributed by atoms with E-state index in [1.807, 2.05) is 18.2 Å². The highest BCUT2D eigenvalue weighted by Gasteiger charge is 2.20. The molecule has 0 fully saturated rings. The van der Waals surface area contributed by atoms with Crippen LogP contribution in [0.15, 0.2) is 115 Å². The van der Waals surface area contributed by atoms with E-state index in [0.29, 0.717) is 0 Å². The van der Waals surface area contributed by atoms with E-state index < -0.39 is 0 Å². The Hall–Kier alpha value is -4.04. The van der Waals surface area contributed by atoms with Gasteiger partial charge >= 0.3 is 0 Å². The molecule has 164 valence electrons. The molecule has 1 aromatic heterocycles. The van der Waals surface area contributed by atoms with E-state index in [4.69, 9.17) is 5.73 Å². The third-order valence-corrected chi connectivity index (χ3v) is 5.95. The Balaban J connectivity index is 0.00000259. The number of anilines is 1. The van der Waals surface area contributed by atoms with Crippen LogP contribution in [0.1, 0.15) is 14.4 Å². The minimum absolute atomic E-state index is 0. The molecule has 1 heterocycles. The summed E-state index contributed by atoms with van der Waals surface area (Å²) < 4.78 is 2.43. The highest BCUT2D eigenvalue weighted by Crippen LogP contribution is 2.41. The summed E-state index contributed by atoms with van der Waals surface area (Å²) in [5.74, 6) is 0. The topological polar surface area (TPSA) is 30.9 Å². The predicted octanol–water partition coefficient (Wildman–Crippen LogP) is 8.39. The molecule has 0 saturated carbocycles. The van der Waals surface area contributed by atoms with E-state index in [-0.39, 0.29) is 7.43 Å². The summed E-state index contributed by atoms with van der Waals surface area (Å²) >= 11 is 0. The first-order chi connectivity index (χ1) is 15.8. The lowest BCUT2D eigenvalue weighted by Gasteiger charge is -2.16. The van der Waals surface area contributed by atoms with Gasteiger partial charge in [0, 0.05) is 29.1 Å². The van der Waals surface area contributed by atoms with Gasteiger partial charge in [-0.1, -0.05) is 104 Å². The van der Waals surface area contributed by atoms with Crippen LogP contribution < -0.4 is 5.73 Å². The first-order valence-corrected chi connectivity index (χ1v) is 11.1. The van der Waals surface area contributed by atoms with Crippen LogP contribution in [0.5, 0.6) is 0 Å². The molecule has 2 heteroatoms. The van der Waals surface area contributed by atoms with Crippen LogP contribution in [0.25, 0.3) is 44.8 Å². The third kappa shape index (κ3) is 4.20. The first kappa shape index (κ1) is 22.2. The first-order valence-electron chi connectivity index (χ1n) is 11.1. The average molecular weight is 431 g/mol. The van der Waals surface area contributed by atoms with Crippen molar-refractivity contribution < 1.29 is 0 Å². The number of hydrogen-bond donors (Lipinski definition) is 1. The summed E-state index contributed by atoms with van der Waals surface area (Å²) in [4.78, 5) is 0. The van der Waals surface area contributed by atoms with Crippen LogP contribution in [0, 0.1) is 0 Å². The summed E-state index contributed by atoms with van der Waals surface area (Å²) in [7, 11) is 0. The van der Waals surface area contributed by atoms with E-state index in [1.54, 1.807) is 0 Å². The molecule has 0 unspecified atom stereocenters. The molecule has 0 aliphatic carbocycles. The Morgan fingerprint density at radius 1 is 0.576 bits per heavy atom. The van der Waals surface area contributed by atoms with Gasteiger partial charge in [-0.2, -0.15) is 0 Å². The normalized spacial score (nSPS) is 10.6. The molecule has 0 aliphatic rings. The molecule has 2 nitrogen and oxygen atoms in total. The summed E-state index contributed by atoms with van der Waals surface area (Å²) in [5.41, 5.74) is 16.6. The highest BCUT2D eigenvalue weighted by atomic mass is 15.0. The van der Waals surface area contributed by atoms with E-state index in [2.05, 4.69) is 109 Å². The van der Waals surface area contributed by atoms with Gasteiger partial charge in [-0.05, 0) is 47.4 Å².